The Balaban J connectivity index is 2.42. The first-order valence-electron chi connectivity index (χ1n) is 4.92. The zero-order valence-corrected chi connectivity index (χ0v) is 9.97. The SMILES string of the molecule is Cc1sc(N)c(-c2nc(CCO)no2)c1C. The van der Waals surface area contributed by atoms with Crippen molar-refractivity contribution in [2.24, 2.45) is 0 Å². The number of aliphatic hydroxyl groups is 1. The minimum atomic E-state index is 0.0100. The van der Waals surface area contributed by atoms with Crippen LogP contribution < -0.4 is 5.73 Å². The first kappa shape index (κ1) is 11.1. The number of hydrogen-bond acceptors (Lipinski definition) is 6. The van der Waals surface area contributed by atoms with E-state index in [1.807, 2.05) is 13.8 Å². The number of rotatable bonds is 3. The molecule has 0 atom stereocenters. The highest BCUT2D eigenvalue weighted by atomic mass is 32.1. The number of hydrogen-bond donors (Lipinski definition) is 2. The fraction of sp³-hybridized carbons (Fsp3) is 0.400. The molecule has 0 saturated carbocycles. The summed E-state index contributed by atoms with van der Waals surface area (Å²) in [6.45, 7) is 3.99. The Morgan fingerprint density at radius 2 is 2.19 bits per heavy atom. The van der Waals surface area contributed by atoms with E-state index in [0.717, 1.165) is 16.0 Å². The molecule has 2 aromatic rings. The van der Waals surface area contributed by atoms with E-state index in [9.17, 15) is 0 Å². The molecular weight excluding hydrogens is 226 g/mol. The predicted molar refractivity (Wildman–Crippen MR) is 62.3 cm³/mol. The van der Waals surface area contributed by atoms with Crippen molar-refractivity contribution in [2.45, 2.75) is 20.3 Å². The molecule has 0 amide bonds. The number of aliphatic hydroxyl groups excluding tert-OH is 1. The van der Waals surface area contributed by atoms with Crippen LogP contribution in [-0.2, 0) is 6.42 Å². The second-order valence-corrected chi connectivity index (χ2v) is 4.77. The van der Waals surface area contributed by atoms with E-state index in [-0.39, 0.29) is 6.61 Å². The van der Waals surface area contributed by atoms with E-state index in [1.165, 1.54) is 11.3 Å². The summed E-state index contributed by atoms with van der Waals surface area (Å²) in [7, 11) is 0. The maximum absolute atomic E-state index is 8.77. The average Bonchev–Trinajstić information content (AvgIpc) is 2.75. The maximum atomic E-state index is 8.77. The molecule has 16 heavy (non-hydrogen) atoms. The fourth-order valence-corrected chi connectivity index (χ4v) is 2.40. The molecular formula is C10H13N3O2S. The van der Waals surface area contributed by atoms with Gasteiger partial charge < -0.3 is 15.4 Å². The molecule has 0 bridgehead atoms. The van der Waals surface area contributed by atoms with Crippen molar-refractivity contribution in [2.75, 3.05) is 12.3 Å². The van der Waals surface area contributed by atoms with Crippen LogP contribution in [0.2, 0.25) is 0 Å². The van der Waals surface area contributed by atoms with Crippen LogP contribution in [0.4, 0.5) is 5.00 Å². The molecule has 6 heteroatoms. The van der Waals surface area contributed by atoms with Gasteiger partial charge in [-0.15, -0.1) is 11.3 Å². The number of nitrogens with two attached hydrogens (primary N) is 1. The number of thiophene rings is 1. The van der Waals surface area contributed by atoms with E-state index in [4.69, 9.17) is 15.4 Å². The Labute approximate surface area is 96.9 Å². The molecule has 0 saturated heterocycles. The molecule has 0 unspecified atom stereocenters. The number of nitrogens with zero attached hydrogens (tertiary/aromatic N) is 2. The summed E-state index contributed by atoms with van der Waals surface area (Å²) in [5.74, 6) is 0.933. The van der Waals surface area contributed by atoms with Gasteiger partial charge in [0.15, 0.2) is 5.82 Å². The molecule has 0 aliphatic carbocycles. The molecule has 2 heterocycles. The number of aromatic nitrogens is 2. The third-order valence-corrected chi connectivity index (χ3v) is 3.47. The summed E-state index contributed by atoms with van der Waals surface area (Å²) >= 11 is 1.51. The highest BCUT2D eigenvalue weighted by Crippen LogP contribution is 2.36. The lowest BCUT2D eigenvalue weighted by Gasteiger charge is -1.94. The van der Waals surface area contributed by atoms with Crippen LogP contribution in [0.1, 0.15) is 16.3 Å². The summed E-state index contributed by atoms with van der Waals surface area (Å²) in [6.07, 6.45) is 0.394. The van der Waals surface area contributed by atoms with E-state index in [0.29, 0.717) is 23.1 Å². The van der Waals surface area contributed by atoms with Gasteiger partial charge in [0.25, 0.3) is 5.89 Å². The van der Waals surface area contributed by atoms with Gasteiger partial charge >= 0.3 is 0 Å². The van der Waals surface area contributed by atoms with Gasteiger partial charge in [-0.2, -0.15) is 4.98 Å². The number of aryl methyl sites for hydroxylation is 1. The first-order chi connectivity index (χ1) is 7.63. The standard InChI is InChI=1S/C10H13N3O2S/c1-5-6(2)16-9(11)8(5)10-12-7(3-4-14)13-15-10/h14H,3-4,11H2,1-2H3. The summed E-state index contributed by atoms with van der Waals surface area (Å²) in [4.78, 5) is 5.34. The zero-order valence-electron chi connectivity index (χ0n) is 9.15. The van der Waals surface area contributed by atoms with Crippen molar-refractivity contribution in [3.8, 4) is 11.5 Å². The van der Waals surface area contributed by atoms with Gasteiger partial charge in [-0.3, -0.25) is 0 Å². The summed E-state index contributed by atoms with van der Waals surface area (Å²) in [5.41, 5.74) is 7.79. The van der Waals surface area contributed by atoms with Crippen LogP contribution in [0.25, 0.3) is 11.5 Å². The van der Waals surface area contributed by atoms with Gasteiger partial charge in [-0.1, -0.05) is 5.16 Å². The van der Waals surface area contributed by atoms with Crippen LogP contribution in [0.15, 0.2) is 4.52 Å². The lowest BCUT2D eigenvalue weighted by Crippen LogP contribution is -1.93. The molecule has 3 N–H and O–H groups in total. The minimum Gasteiger partial charge on any atom is -0.396 e. The molecule has 0 aliphatic heterocycles. The summed E-state index contributed by atoms with van der Waals surface area (Å²) < 4.78 is 5.13. The quantitative estimate of drug-likeness (QED) is 0.848. The Bertz CT molecular complexity index is 504. The number of anilines is 1. The molecule has 0 aromatic carbocycles. The van der Waals surface area contributed by atoms with Crippen LogP contribution in [0.3, 0.4) is 0 Å². The van der Waals surface area contributed by atoms with E-state index < -0.39 is 0 Å². The van der Waals surface area contributed by atoms with Crippen molar-refractivity contribution in [1.82, 2.24) is 10.1 Å². The van der Waals surface area contributed by atoms with E-state index in [1.54, 1.807) is 0 Å². The van der Waals surface area contributed by atoms with Crippen molar-refractivity contribution in [3.05, 3.63) is 16.3 Å². The third kappa shape index (κ3) is 1.81. The van der Waals surface area contributed by atoms with Crippen molar-refractivity contribution < 1.29 is 9.63 Å². The van der Waals surface area contributed by atoms with Crippen LogP contribution in [-0.4, -0.2) is 21.9 Å². The normalized spacial score (nSPS) is 10.9. The van der Waals surface area contributed by atoms with Crippen LogP contribution in [0, 0.1) is 13.8 Å². The Kier molecular flexibility index (Phi) is 2.93. The van der Waals surface area contributed by atoms with Crippen molar-refractivity contribution in [1.29, 1.82) is 0 Å². The van der Waals surface area contributed by atoms with Gasteiger partial charge in [-0.05, 0) is 19.4 Å². The van der Waals surface area contributed by atoms with Crippen molar-refractivity contribution in [3.63, 3.8) is 0 Å². The summed E-state index contributed by atoms with van der Waals surface area (Å²) in [6, 6.07) is 0. The largest absolute Gasteiger partial charge is 0.396 e. The second kappa shape index (κ2) is 4.23. The second-order valence-electron chi connectivity index (χ2n) is 3.51. The first-order valence-corrected chi connectivity index (χ1v) is 5.74. The van der Waals surface area contributed by atoms with Gasteiger partial charge in [0.1, 0.15) is 0 Å². The van der Waals surface area contributed by atoms with E-state index in [2.05, 4.69) is 10.1 Å². The third-order valence-electron chi connectivity index (χ3n) is 2.43. The Hall–Kier alpha value is -1.40. The number of nitrogen functional groups attached to an aromatic ring is 1. The Morgan fingerprint density at radius 1 is 1.44 bits per heavy atom. The fourth-order valence-electron chi connectivity index (χ4n) is 1.48. The van der Waals surface area contributed by atoms with Gasteiger partial charge in [0.05, 0.1) is 17.2 Å². The predicted octanol–water partition coefficient (Wildman–Crippen LogP) is 1.53. The van der Waals surface area contributed by atoms with Gasteiger partial charge in [0, 0.05) is 11.3 Å². The topological polar surface area (TPSA) is 85.2 Å². The smallest absolute Gasteiger partial charge is 0.261 e. The molecule has 0 fully saturated rings. The zero-order chi connectivity index (χ0) is 11.7. The molecule has 0 aliphatic rings. The van der Waals surface area contributed by atoms with Crippen LogP contribution in [0.5, 0.6) is 0 Å². The van der Waals surface area contributed by atoms with Gasteiger partial charge in [-0.25, -0.2) is 0 Å². The summed E-state index contributed by atoms with van der Waals surface area (Å²) in [5, 5.41) is 13.2. The van der Waals surface area contributed by atoms with Crippen LogP contribution >= 0.6 is 11.3 Å². The Morgan fingerprint density at radius 3 is 2.75 bits per heavy atom. The molecule has 2 rings (SSSR count). The average molecular weight is 239 g/mol. The molecule has 86 valence electrons. The molecule has 0 spiro atoms. The molecule has 5 nitrogen and oxygen atoms in total. The lowest BCUT2D eigenvalue weighted by atomic mass is 10.1. The van der Waals surface area contributed by atoms with Gasteiger partial charge in [0.2, 0.25) is 0 Å². The monoisotopic (exact) mass is 239 g/mol. The minimum absolute atomic E-state index is 0.0100. The molecule has 2 aromatic heterocycles. The highest BCUT2D eigenvalue weighted by molar-refractivity contribution is 7.16. The lowest BCUT2D eigenvalue weighted by molar-refractivity contribution is 0.293. The van der Waals surface area contributed by atoms with E-state index >= 15 is 0 Å². The molecule has 0 radical (unpaired) electrons. The van der Waals surface area contributed by atoms with Crippen molar-refractivity contribution >= 4 is 16.3 Å². The highest BCUT2D eigenvalue weighted by Gasteiger charge is 2.18. The maximum Gasteiger partial charge on any atom is 0.261 e.